The average Bonchev–Trinajstić information content (AvgIpc) is 2.57. The maximum Gasteiger partial charge on any atom is 0.255 e. The fourth-order valence-electron chi connectivity index (χ4n) is 2.35. The van der Waals surface area contributed by atoms with Crippen LogP contribution in [-0.4, -0.2) is 27.5 Å². The third-order valence-electron chi connectivity index (χ3n) is 3.61. The van der Waals surface area contributed by atoms with E-state index in [1.165, 1.54) is 12.1 Å². The van der Waals surface area contributed by atoms with E-state index in [1.54, 1.807) is 0 Å². The highest BCUT2D eigenvalue weighted by atomic mass is 32.2. The highest BCUT2D eigenvalue weighted by Crippen LogP contribution is 2.27. The molecule has 0 saturated carbocycles. The quantitative estimate of drug-likeness (QED) is 0.777. The summed E-state index contributed by atoms with van der Waals surface area (Å²) >= 11 is 0. The molecule has 1 heterocycles. The standard InChI is InChI=1S/C16H13F3N2O4S/c17-11-7-10(8-12(18)15(11)19)21-16(22)9-2-3-13-14(6-9)26(23,24)20-4-1-5-25-13/h2-3,6-8,20H,1,4-5H2,(H,21,22). The normalized spacial score (nSPS) is 16.0. The van der Waals surface area contributed by atoms with E-state index in [1.807, 2.05) is 0 Å². The lowest BCUT2D eigenvalue weighted by atomic mass is 10.2. The molecule has 0 atom stereocenters. The Bertz CT molecular complexity index is 956. The molecule has 26 heavy (non-hydrogen) atoms. The summed E-state index contributed by atoms with van der Waals surface area (Å²) < 4.78 is 71.7. The Hall–Kier alpha value is -2.59. The van der Waals surface area contributed by atoms with Crippen molar-refractivity contribution in [1.82, 2.24) is 4.72 Å². The minimum atomic E-state index is -3.87. The Morgan fingerprint density at radius 1 is 1.12 bits per heavy atom. The maximum atomic E-state index is 13.2. The number of benzene rings is 2. The lowest BCUT2D eigenvalue weighted by molar-refractivity contribution is 0.102. The van der Waals surface area contributed by atoms with Crippen molar-refractivity contribution < 1.29 is 31.1 Å². The van der Waals surface area contributed by atoms with Gasteiger partial charge < -0.3 is 10.1 Å². The molecule has 0 unspecified atom stereocenters. The van der Waals surface area contributed by atoms with Gasteiger partial charge in [-0.3, -0.25) is 4.79 Å². The number of ether oxygens (including phenoxy) is 1. The van der Waals surface area contributed by atoms with Crippen LogP contribution >= 0.6 is 0 Å². The Balaban J connectivity index is 1.92. The van der Waals surface area contributed by atoms with E-state index < -0.39 is 33.4 Å². The number of fused-ring (bicyclic) bond motifs is 1. The molecule has 0 aromatic heterocycles. The second kappa shape index (κ2) is 6.96. The van der Waals surface area contributed by atoms with Gasteiger partial charge in [0.1, 0.15) is 10.6 Å². The first-order valence-electron chi connectivity index (χ1n) is 7.50. The van der Waals surface area contributed by atoms with Gasteiger partial charge in [0.25, 0.3) is 5.91 Å². The molecule has 0 bridgehead atoms. The summed E-state index contributed by atoms with van der Waals surface area (Å²) in [5, 5.41) is 2.19. The van der Waals surface area contributed by atoms with Gasteiger partial charge in [0.15, 0.2) is 17.5 Å². The van der Waals surface area contributed by atoms with Crippen LogP contribution in [0.2, 0.25) is 0 Å². The zero-order valence-corrected chi connectivity index (χ0v) is 14.0. The molecule has 6 nitrogen and oxygen atoms in total. The van der Waals surface area contributed by atoms with Gasteiger partial charge in [-0.15, -0.1) is 0 Å². The second-order valence-corrected chi connectivity index (χ2v) is 7.20. The third kappa shape index (κ3) is 3.65. The molecule has 1 aliphatic rings. The van der Waals surface area contributed by atoms with Crippen LogP contribution in [0, 0.1) is 17.5 Å². The first-order chi connectivity index (χ1) is 12.3. The topological polar surface area (TPSA) is 84.5 Å². The van der Waals surface area contributed by atoms with E-state index in [0.29, 0.717) is 25.2 Å². The number of hydrogen-bond acceptors (Lipinski definition) is 4. The minimum absolute atomic E-state index is 0.0801. The van der Waals surface area contributed by atoms with Crippen molar-refractivity contribution in [1.29, 1.82) is 0 Å². The molecule has 2 N–H and O–H groups in total. The summed E-state index contributed by atoms with van der Waals surface area (Å²) in [5.74, 6) is -5.31. The molecule has 0 spiro atoms. The predicted octanol–water partition coefficient (Wildman–Crippen LogP) is 2.42. The molecule has 0 saturated heterocycles. The molecule has 0 aliphatic carbocycles. The van der Waals surface area contributed by atoms with Crippen LogP contribution in [0.5, 0.6) is 5.75 Å². The summed E-state index contributed by atoms with van der Waals surface area (Å²) in [6.07, 6.45) is 0.489. The molecule has 1 amide bonds. The fourth-order valence-corrected chi connectivity index (χ4v) is 3.59. The number of nitrogens with one attached hydrogen (secondary N) is 2. The number of sulfonamides is 1. The number of amides is 1. The van der Waals surface area contributed by atoms with Crippen molar-refractivity contribution in [2.24, 2.45) is 0 Å². The zero-order chi connectivity index (χ0) is 18.9. The molecular formula is C16H13F3N2O4S. The first-order valence-corrected chi connectivity index (χ1v) is 8.98. The number of anilines is 1. The monoisotopic (exact) mass is 386 g/mol. The zero-order valence-electron chi connectivity index (χ0n) is 13.2. The highest BCUT2D eigenvalue weighted by molar-refractivity contribution is 7.89. The molecule has 10 heteroatoms. The van der Waals surface area contributed by atoms with Crippen molar-refractivity contribution in [2.45, 2.75) is 11.3 Å². The van der Waals surface area contributed by atoms with Gasteiger partial charge in [-0.1, -0.05) is 0 Å². The number of halogens is 3. The Labute approximate surface area is 147 Å². The van der Waals surface area contributed by atoms with E-state index in [4.69, 9.17) is 4.74 Å². The Morgan fingerprint density at radius 2 is 1.81 bits per heavy atom. The van der Waals surface area contributed by atoms with Crippen molar-refractivity contribution >= 4 is 21.6 Å². The van der Waals surface area contributed by atoms with Crippen LogP contribution in [0.3, 0.4) is 0 Å². The average molecular weight is 386 g/mol. The van der Waals surface area contributed by atoms with Gasteiger partial charge in [-0.25, -0.2) is 26.3 Å². The summed E-state index contributed by atoms with van der Waals surface area (Å²) in [6, 6.07) is 4.95. The van der Waals surface area contributed by atoms with E-state index in [9.17, 15) is 26.4 Å². The van der Waals surface area contributed by atoms with Crippen LogP contribution in [0.4, 0.5) is 18.9 Å². The second-order valence-electron chi connectivity index (χ2n) is 5.47. The summed E-state index contributed by atoms with van der Waals surface area (Å²) in [5.41, 5.74) is -0.390. The van der Waals surface area contributed by atoms with Crippen molar-refractivity contribution in [3.63, 3.8) is 0 Å². The molecule has 0 radical (unpaired) electrons. The van der Waals surface area contributed by atoms with Crippen molar-refractivity contribution in [3.05, 3.63) is 53.3 Å². The Morgan fingerprint density at radius 3 is 2.50 bits per heavy atom. The largest absolute Gasteiger partial charge is 0.492 e. The number of rotatable bonds is 2. The molecular weight excluding hydrogens is 373 g/mol. The molecule has 2 aromatic carbocycles. The number of carbonyl (C=O) groups excluding carboxylic acids is 1. The Kier molecular flexibility index (Phi) is 4.88. The van der Waals surface area contributed by atoms with Gasteiger partial charge in [0, 0.05) is 29.9 Å². The van der Waals surface area contributed by atoms with Gasteiger partial charge in [0.05, 0.1) is 6.61 Å². The van der Waals surface area contributed by atoms with E-state index in [0.717, 1.165) is 6.07 Å². The van der Waals surface area contributed by atoms with E-state index in [-0.39, 0.29) is 28.4 Å². The van der Waals surface area contributed by atoms with E-state index >= 15 is 0 Å². The molecule has 2 aromatic rings. The number of carbonyl (C=O) groups is 1. The van der Waals surface area contributed by atoms with Crippen LogP contribution in [0.15, 0.2) is 35.2 Å². The lowest BCUT2D eigenvalue weighted by Crippen LogP contribution is -2.29. The van der Waals surface area contributed by atoms with Crippen LogP contribution in [0.25, 0.3) is 0 Å². The van der Waals surface area contributed by atoms with Gasteiger partial charge in [-0.2, -0.15) is 0 Å². The molecule has 138 valence electrons. The summed E-state index contributed by atoms with van der Waals surface area (Å²) in [6.45, 7) is 0.488. The van der Waals surface area contributed by atoms with E-state index in [2.05, 4.69) is 10.0 Å². The van der Waals surface area contributed by atoms with Gasteiger partial charge in [-0.05, 0) is 24.6 Å². The fraction of sp³-hybridized carbons (Fsp3) is 0.188. The molecule has 0 fully saturated rings. The van der Waals surface area contributed by atoms with Gasteiger partial charge >= 0.3 is 0 Å². The predicted molar refractivity (Wildman–Crippen MR) is 86.0 cm³/mol. The van der Waals surface area contributed by atoms with Crippen molar-refractivity contribution in [2.75, 3.05) is 18.5 Å². The lowest BCUT2D eigenvalue weighted by Gasteiger charge is -2.17. The van der Waals surface area contributed by atoms with Crippen LogP contribution in [-0.2, 0) is 10.0 Å². The van der Waals surface area contributed by atoms with Gasteiger partial charge in [0.2, 0.25) is 10.0 Å². The smallest absolute Gasteiger partial charge is 0.255 e. The molecule has 1 aliphatic heterocycles. The van der Waals surface area contributed by atoms with Crippen molar-refractivity contribution in [3.8, 4) is 5.75 Å². The maximum absolute atomic E-state index is 13.2. The van der Waals surface area contributed by atoms with Crippen LogP contribution < -0.4 is 14.8 Å². The SMILES string of the molecule is O=C(Nc1cc(F)c(F)c(F)c1)c1ccc2c(c1)S(=O)(=O)NCCCO2. The molecule has 3 rings (SSSR count). The highest BCUT2D eigenvalue weighted by Gasteiger charge is 2.23. The van der Waals surface area contributed by atoms with Crippen LogP contribution in [0.1, 0.15) is 16.8 Å². The number of hydrogen-bond donors (Lipinski definition) is 2. The third-order valence-corrected chi connectivity index (χ3v) is 5.09. The summed E-state index contributed by atoms with van der Waals surface area (Å²) in [4.78, 5) is 12.0. The summed E-state index contributed by atoms with van der Waals surface area (Å²) in [7, 11) is -3.87. The first kappa shape index (κ1) is 18.2. The minimum Gasteiger partial charge on any atom is -0.492 e.